The molecule has 1 saturated heterocycles. The molecule has 0 radical (unpaired) electrons. The Morgan fingerprint density at radius 2 is 1.96 bits per heavy atom. The van der Waals surface area contributed by atoms with Crippen LogP contribution in [-0.2, 0) is 11.3 Å². The van der Waals surface area contributed by atoms with Gasteiger partial charge in [0, 0.05) is 25.7 Å². The monoisotopic (exact) mass is 330 g/mol. The van der Waals surface area contributed by atoms with E-state index in [9.17, 15) is 4.79 Å². The summed E-state index contributed by atoms with van der Waals surface area (Å²) in [6.07, 6.45) is 3.28. The first kappa shape index (κ1) is 17.3. The van der Waals surface area contributed by atoms with Crippen LogP contribution in [0.4, 0.5) is 4.79 Å². The molecule has 1 N–H and O–H groups in total. The Labute approximate surface area is 145 Å². The lowest BCUT2D eigenvalue weighted by molar-refractivity contribution is 0.0460. The van der Waals surface area contributed by atoms with Crippen molar-refractivity contribution in [2.24, 2.45) is 11.8 Å². The standard InChI is InChI=1S/C20H30N2O2/c1-20(2,3)24-19(23)21-18-11-7-10-16-13-22(14-17(16)18)12-15-8-5-4-6-9-15/h4-6,8-9,16-18H,7,10-14H2,1-3H3,(H,21,23)/t16-,17+,18-/m1/s1. The van der Waals surface area contributed by atoms with Gasteiger partial charge in [-0.25, -0.2) is 4.79 Å². The van der Waals surface area contributed by atoms with E-state index in [0.717, 1.165) is 26.1 Å². The largest absolute Gasteiger partial charge is 0.444 e. The highest BCUT2D eigenvalue weighted by molar-refractivity contribution is 5.68. The van der Waals surface area contributed by atoms with Crippen molar-refractivity contribution < 1.29 is 9.53 Å². The Morgan fingerprint density at radius 1 is 1.21 bits per heavy atom. The Balaban J connectivity index is 1.58. The van der Waals surface area contributed by atoms with Crippen LogP contribution in [0.1, 0.15) is 45.6 Å². The molecule has 4 heteroatoms. The zero-order valence-electron chi connectivity index (χ0n) is 15.1. The van der Waals surface area contributed by atoms with E-state index in [1.807, 2.05) is 20.8 Å². The van der Waals surface area contributed by atoms with E-state index in [-0.39, 0.29) is 12.1 Å². The van der Waals surface area contributed by atoms with Gasteiger partial charge in [0.1, 0.15) is 5.60 Å². The number of benzene rings is 1. The van der Waals surface area contributed by atoms with Crippen LogP contribution in [0.5, 0.6) is 0 Å². The number of hydrogen-bond donors (Lipinski definition) is 1. The number of nitrogens with one attached hydrogen (secondary N) is 1. The van der Waals surface area contributed by atoms with E-state index in [4.69, 9.17) is 4.74 Å². The molecule has 1 amide bonds. The third-order valence-corrected chi connectivity index (χ3v) is 5.13. The summed E-state index contributed by atoms with van der Waals surface area (Å²) in [5.74, 6) is 1.25. The summed E-state index contributed by atoms with van der Waals surface area (Å²) in [5, 5.41) is 3.14. The molecule has 1 aliphatic heterocycles. The maximum Gasteiger partial charge on any atom is 0.407 e. The van der Waals surface area contributed by atoms with E-state index in [2.05, 4.69) is 40.5 Å². The lowest BCUT2D eigenvalue weighted by Crippen LogP contribution is -2.47. The minimum absolute atomic E-state index is 0.249. The number of ether oxygens (including phenoxy) is 1. The number of carbonyl (C=O) groups excluding carboxylic acids is 1. The molecule has 132 valence electrons. The van der Waals surface area contributed by atoms with Gasteiger partial charge < -0.3 is 10.1 Å². The van der Waals surface area contributed by atoms with Crippen molar-refractivity contribution in [3.63, 3.8) is 0 Å². The third kappa shape index (κ3) is 4.50. The molecule has 0 bridgehead atoms. The first-order valence-corrected chi connectivity index (χ1v) is 9.16. The van der Waals surface area contributed by atoms with E-state index < -0.39 is 5.60 Å². The van der Waals surface area contributed by atoms with Gasteiger partial charge >= 0.3 is 6.09 Å². The molecular formula is C20H30N2O2. The highest BCUT2D eigenvalue weighted by Crippen LogP contribution is 2.37. The zero-order valence-corrected chi connectivity index (χ0v) is 15.1. The summed E-state index contributed by atoms with van der Waals surface area (Å²) in [6, 6.07) is 10.9. The number of hydrogen-bond acceptors (Lipinski definition) is 3. The highest BCUT2D eigenvalue weighted by Gasteiger charge is 2.41. The first-order chi connectivity index (χ1) is 11.4. The van der Waals surface area contributed by atoms with Crippen LogP contribution in [-0.4, -0.2) is 35.7 Å². The molecule has 2 aliphatic rings. The molecule has 1 saturated carbocycles. The molecule has 1 aromatic carbocycles. The van der Waals surface area contributed by atoms with Crippen molar-refractivity contribution in [3.05, 3.63) is 35.9 Å². The van der Waals surface area contributed by atoms with Crippen molar-refractivity contribution >= 4 is 6.09 Å². The first-order valence-electron chi connectivity index (χ1n) is 9.16. The second kappa shape index (κ2) is 7.14. The van der Waals surface area contributed by atoms with Crippen molar-refractivity contribution in [2.75, 3.05) is 13.1 Å². The maximum atomic E-state index is 12.1. The number of likely N-dealkylation sites (tertiary alicyclic amines) is 1. The molecule has 24 heavy (non-hydrogen) atoms. The van der Waals surface area contributed by atoms with Crippen LogP contribution < -0.4 is 5.32 Å². The predicted molar refractivity (Wildman–Crippen MR) is 95.7 cm³/mol. The molecule has 1 aliphatic carbocycles. The predicted octanol–water partition coefficient (Wildman–Crippen LogP) is 3.81. The Bertz CT molecular complexity index is 553. The second-order valence-electron chi connectivity index (χ2n) is 8.29. The molecule has 2 fully saturated rings. The van der Waals surface area contributed by atoms with Crippen LogP contribution in [0.3, 0.4) is 0 Å². The van der Waals surface area contributed by atoms with Crippen LogP contribution in [0.2, 0.25) is 0 Å². The van der Waals surface area contributed by atoms with Crippen LogP contribution in [0, 0.1) is 11.8 Å². The van der Waals surface area contributed by atoms with Crippen molar-refractivity contribution in [1.29, 1.82) is 0 Å². The van der Waals surface area contributed by atoms with E-state index in [1.54, 1.807) is 0 Å². The number of nitrogens with zero attached hydrogens (tertiary/aromatic N) is 1. The van der Waals surface area contributed by atoms with Crippen LogP contribution >= 0.6 is 0 Å². The van der Waals surface area contributed by atoms with Gasteiger partial charge in [-0.3, -0.25) is 4.90 Å². The van der Waals surface area contributed by atoms with Crippen molar-refractivity contribution in [2.45, 2.75) is 58.2 Å². The van der Waals surface area contributed by atoms with E-state index >= 15 is 0 Å². The second-order valence-corrected chi connectivity index (χ2v) is 8.29. The van der Waals surface area contributed by atoms with E-state index in [1.165, 1.54) is 18.4 Å². The quantitative estimate of drug-likeness (QED) is 0.916. The molecule has 3 rings (SSSR count). The Morgan fingerprint density at radius 3 is 2.67 bits per heavy atom. The van der Waals surface area contributed by atoms with Gasteiger partial charge in [-0.05, 0) is 51.0 Å². The van der Waals surface area contributed by atoms with Gasteiger partial charge in [0.2, 0.25) is 0 Å². The van der Waals surface area contributed by atoms with Crippen molar-refractivity contribution in [3.8, 4) is 0 Å². The fraction of sp³-hybridized carbons (Fsp3) is 0.650. The van der Waals surface area contributed by atoms with Gasteiger partial charge in [-0.15, -0.1) is 0 Å². The summed E-state index contributed by atoms with van der Waals surface area (Å²) >= 11 is 0. The van der Waals surface area contributed by atoms with Gasteiger partial charge in [0.15, 0.2) is 0 Å². The zero-order chi connectivity index (χ0) is 17.2. The average Bonchev–Trinajstić information content (AvgIpc) is 2.90. The van der Waals surface area contributed by atoms with E-state index in [0.29, 0.717) is 11.8 Å². The molecular weight excluding hydrogens is 300 g/mol. The normalized spacial score (nSPS) is 27.5. The summed E-state index contributed by atoms with van der Waals surface area (Å²) in [7, 11) is 0. The van der Waals surface area contributed by atoms with Crippen LogP contribution in [0.15, 0.2) is 30.3 Å². The minimum Gasteiger partial charge on any atom is -0.444 e. The highest BCUT2D eigenvalue weighted by atomic mass is 16.6. The smallest absolute Gasteiger partial charge is 0.407 e. The van der Waals surface area contributed by atoms with Gasteiger partial charge in [0.05, 0.1) is 0 Å². The molecule has 1 heterocycles. The maximum absolute atomic E-state index is 12.1. The van der Waals surface area contributed by atoms with Crippen molar-refractivity contribution in [1.82, 2.24) is 10.2 Å². The molecule has 0 unspecified atom stereocenters. The van der Waals surface area contributed by atoms with Crippen LogP contribution in [0.25, 0.3) is 0 Å². The number of amides is 1. The Kier molecular flexibility index (Phi) is 5.14. The minimum atomic E-state index is -0.437. The summed E-state index contributed by atoms with van der Waals surface area (Å²) < 4.78 is 5.45. The van der Waals surface area contributed by atoms with Gasteiger partial charge in [-0.1, -0.05) is 36.8 Å². The molecule has 3 atom stereocenters. The van der Waals surface area contributed by atoms with Gasteiger partial charge in [0.25, 0.3) is 0 Å². The summed E-state index contributed by atoms with van der Waals surface area (Å²) in [6.45, 7) is 8.95. The molecule has 0 spiro atoms. The topological polar surface area (TPSA) is 41.6 Å². The summed E-state index contributed by atoms with van der Waals surface area (Å²) in [4.78, 5) is 14.7. The third-order valence-electron chi connectivity index (χ3n) is 5.13. The number of fused-ring (bicyclic) bond motifs is 1. The fourth-order valence-electron chi connectivity index (χ4n) is 4.17. The lowest BCUT2D eigenvalue weighted by atomic mass is 9.78. The summed E-state index contributed by atoms with van der Waals surface area (Å²) in [5.41, 5.74) is 0.931. The molecule has 1 aromatic rings. The molecule has 0 aromatic heterocycles. The molecule has 4 nitrogen and oxygen atoms in total. The average molecular weight is 330 g/mol. The van der Waals surface area contributed by atoms with Gasteiger partial charge in [-0.2, -0.15) is 0 Å². The SMILES string of the molecule is CC(C)(C)OC(=O)N[C@@H]1CCC[C@@H]2CN(Cc3ccccc3)C[C@@H]21. The number of alkyl carbamates (subject to hydrolysis) is 1. The fourth-order valence-corrected chi connectivity index (χ4v) is 4.17. The Hall–Kier alpha value is -1.55. The number of carbonyl (C=O) groups is 1. The number of rotatable bonds is 3. The lowest BCUT2D eigenvalue weighted by Gasteiger charge is -2.34.